The number of aryl methyl sites for hydroxylation is 1. The zero-order valence-corrected chi connectivity index (χ0v) is 12.3. The predicted octanol–water partition coefficient (Wildman–Crippen LogP) is 2.67. The van der Waals surface area contributed by atoms with Crippen LogP contribution >= 0.6 is 0 Å². The standard InChI is InChI=1S/C15H21F2N3O/c1-11-8-18-9-14(19-11)21-13-2-4-20(5-3-13)10-12-6-15(16,17)7-12/h8-9,12-13H,2-7,10H2,1H3. The number of rotatable bonds is 4. The molecule has 1 aliphatic heterocycles. The monoisotopic (exact) mass is 297 g/mol. The lowest BCUT2D eigenvalue weighted by Gasteiger charge is -2.40. The third-order valence-electron chi connectivity index (χ3n) is 4.25. The first-order valence-corrected chi connectivity index (χ1v) is 7.56. The van der Waals surface area contributed by atoms with E-state index in [4.69, 9.17) is 4.74 Å². The third kappa shape index (κ3) is 3.87. The third-order valence-corrected chi connectivity index (χ3v) is 4.25. The molecular formula is C15H21F2N3O. The molecule has 0 spiro atoms. The summed E-state index contributed by atoms with van der Waals surface area (Å²) in [6.45, 7) is 4.50. The van der Waals surface area contributed by atoms with Crippen LogP contribution in [0.5, 0.6) is 5.88 Å². The Morgan fingerprint density at radius 2 is 2.00 bits per heavy atom. The molecule has 0 amide bonds. The van der Waals surface area contributed by atoms with Crippen molar-refractivity contribution < 1.29 is 13.5 Å². The lowest BCUT2D eigenvalue weighted by atomic mass is 9.81. The van der Waals surface area contributed by atoms with Gasteiger partial charge in [0.25, 0.3) is 0 Å². The second kappa shape index (κ2) is 5.83. The summed E-state index contributed by atoms with van der Waals surface area (Å²) in [6.07, 6.45) is 5.43. The first-order valence-electron chi connectivity index (χ1n) is 7.56. The second-order valence-corrected chi connectivity index (χ2v) is 6.25. The molecule has 1 aromatic heterocycles. The fourth-order valence-electron chi connectivity index (χ4n) is 3.16. The number of alkyl halides is 2. The molecule has 0 aromatic carbocycles. The van der Waals surface area contributed by atoms with Gasteiger partial charge in [0.2, 0.25) is 11.8 Å². The molecule has 4 nitrogen and oxygen atoms in total. The Morgan fingerprint density at radius 1 is 1.29 bits per heavy atom. The van der Waals surface area contributed by atoms with Gasteiger partial charge in [-0.2, -0.15) is 0 Å². The van der Waals surface area contributed by atoms with E-state index in [0.717, 1.165) is 38.2 Å². The number of piperidine rings is 1. The van der Waals surface area contributed by atoms with Gasteiger partial charge in [-0.3, -0.25) is 4.98 Å². The van der Waals surface area contributed by atoms with Crippen LogP contribution in [0.25, 0.3) is 0 Å². The lowest BCUT2D eigenvalue weighted by molar-refractivity contribution is -0.118. The van der Waals surface area contributed by atoms with Crippen LogP contribution in [0, 0.1) is 12.8 Å². The zero-order valence-electron chi connectivity index (χ0n) is 12.3. The number of hydrogen-bond donors (Lipinski definition) is 0. The van der Waals surface area contributed by atoms with Gasteiger partial charge < -0.3 is 9.64 Å². The van der Waals surface area contributed by atoms with Crippen LogP contribution < -0.4 is 4.74 Å². The number of nitrogens with zero attached hydrogens (tertiary/aromatic N) is 3. The topological polar surface area (TPSA) is 38.2 Å². The fourth-order valence-corrected chi connectivity index (χ4v) is 3.16. The Labute approximate surface area is 123 Å². The normalized spacial score (nSPS) is 23.8. The van der Waals surface area contributed by atoms with Gasteiger partial charge in [0, 0.05) is 38.7 Å². The number of ether oxygens (including phenoxy) is 1. The highest BCUT2D eigenvalue weighted by molar-refractivity contribution is 5.07. The van der Waals surface area contributed by atoms with Crippen molar-refractivity contribution in [1.29, 1.82) is 0 Å². The number of halogens is 2. The number of likely N-dealkylation sites (tertiary alicyclic amines) is 1. The van der Waals surface area contributed by atoms with Gasteiger partial charge in [-0.15, -0.1) is 0 Å². The van der Waals surface area contributed by atoms with E-state index < -0.39 is 5.92 Å². The van der Waals surface area contributed by atoms with Crippen molar-refractivity contribution in [1.82, 2.24) is 14.9 Å². The van der Waals surface area contributed by atoms with Crippen molar-refractivity contribution in [3.63, 3.8) is 0 Å². The van der Waals surface area contributed by atoms with Gasteiger partial charge in [-0.1, -0.05) is 0 Å². The highest BCUT2D eigenvalue weighted by Crippen LogP contribution is 2.42. The van der Waals surface area contributed by atoms with Gasteiger partial charge >= 0.3 is 0 Å². The minimum atomic E-state index is -2.41. The fraction of sp³-hybridized carbons (Fsp3) is 0.733. The summed E-state index contributed by atoms with van der Waals surface area (Å²) < 4.78 is 31.5. The molecular weight excluding hydrogens is 276 g/mol. The van der Waals surface area contributed by atoms with Gasteiger partial charge in [0.15, 0.2) is 0 Å². The number of aromatic nitrogens is 2. The van der Waals surface area contributed by atoms with Crippen LogP contribution in [-0.4, -0.2) is 46.5 Å². The van der Waals surface area contributed by atoms with E-state index in [0.29, 0.717) is 5.88 Å². The van der Waals surface area contributed by atoms with Crippen molar-refractivity contribution in [2.45, 2.75) is 44.6 Å². The van der Waals surface area contributed by atoms with Crippen molar-refractivity contribution in [2.75, 3.05) is 19.6 Å². The van der Waals surface area contributed by atoms with Crippen LogP contribution in [0.4, 0.5) is 8.78 Å². The van der Waals surface area contributed by atoms with Crippen LogP contribution in [-0.2, 0) is 0 Å². The number of hydrogen-bond acceptors (Lipinski definition) is 4. The van der Waals surface area contributed by atoms with E-state index in [-0.39, 0.29) is 24.9 Å². The minimum Gasteiger partial charge on any atom is -0.473 e. The summed E-state index contributed by atoms with van der Waals surface area (Å²) in [5.41, 5.74) is 0.843. The Kier molecular flexibility index (Phi) is 4.06. The van der Waals surface area contributed by atoms with Crippen LogP contribution in [0.1, 0.15) is 31.4 Å². The van der Waals surface area contributed by atoms with Crippen molar-refractivity contribution >= 4 is 0 Å². The summed E-state index contributed by atoms with van der Waals surface area (Å²) >= 11 is 0. The molecule has 0 unspecified atom stereocenters. The van der Waals surface area contributed by atoms with Gasteiger partial charge in [0.1, 0.15) is 6.10 Å². The smallest absolute Gasteiger partial charge is 0.248 e. The molecule has 116 valence electrons. The van der Waals surface area contributed by atoms with Gasteiger partial charge in [-0.25, -0.2) is 13.8 Å². The molecule has 1 aliphatic carbocycles. The van der Waals surface area contributed by atoms with Gasteiger partial charge in [-0.05, 0) is 25.7 Å². The predicted molar refractivity (Wildman–Crippen MR) is 74.5 cm³/mol. The van der Waals surface area contributed by atoms with Crippen molar-refractivity contribution in [3.8, 4) is 5.88 Å². The molecule has 0 N–H and O–H groups in total. The Morgan fingerprint density at radius 3 is 2.62 bits per heavy atom. The Balaban J connectivity index is 1.41. The molecule has 0 atom stereocenters. The summed E-state index contributed by atoms with van der Waals surface area (Å²) in [5, 5.41) is 0. The molecule has 2 aliphatic rings. The van der Waals surface area contributed by atoms with Crippen molar-refractivity contribution in [2.24, 2.45) is 5.92 Å². The van der Waals surface area contributed by atoms with E-state index >= 15 is 0 Å². The molecule has 2 heterocycles. The molecule has 21 heavy (non-hydrogen) atoms. The molecule has 0 bridgehead atoms. The summed E-state index contributed by atoms with van der Waals surface area (Å²) in [7, 11) is 0. The quantitative estimate of drug-likeness (QED) is 0.856. The molecule has 6 heteroatoms. The highest BCUT2D eigenvalue weighted by Gasteiger charge is 2.45. The molecule has 1 aromatic rings. The Bertz CT molecular complexity index is 482. The van der Waals surface area contributed by atoms with Crippen LogP contribution in [0.2, 0.25) is 0 Å². The first kappa shape index (κ1) is 14.6. The zero-order chi connectivity index (χ0) is 14.9. The van der Waals surface area contributed by atoms with E-state index in [9.17, 15) is 8.78 Å². The maximum absolute atomic E-state index is 12.8. The maximum Gasteiger partial charge on any atom is 0.248 e. The maximum atomic E-state index is 12.8. The first-order chi connectivity index (χ1) is 10.00. The molecule has 1 saturated carbocycles. The highest BCUT2D eigenvalue weighted by atomic mass is 19.3. The van der Waals surface area contributed by atoms with Crippen molar-refractivity contribution in [3.05, 3.63) is 18.1 Å². The SMILES string of the molecule is Cc1cncc(OC2CCN(CC3CC(F)(F)C3)CC2)n1. The van der Waals surface area contributed by atoms with Crippen LogP contribution in [0.15, 0.2) is 12.4 Å². The molecule has 2 fully saturated rings. The van der Waals surface area contributed by atoms with E-state index in [2.05, 4.69) is 14.9 Å². The van der Waals surface area contributed by atoms with E-state index in [1.807, 2.05) is 6.92 Å². The average Bonchev–Trinajstić information content (AvgIpc) is 2.39. The average molecular weight is 297 g/mol. The molecule has 0 radical (unpaired) electrons. The van der Waals surface area contributed by atoms with E-state index in [1.54, 1.807) is 12.4 Å². The molecule has 3 rings (SSSR count). The summed E-state index contributed by atoms with van der Waals surface area (Å²) in [4.78, 5) is 10.6. The lowest BCUT2D eigenvalue weighted by Crippen LogP contribution is -2.46. The molecule has 1 saturated heterocycles. The second-order valence-electron chi connectivity index (χ2n) is 6.25. The Hall–Kier alpha value is -1.30. The summed E-state index contributed by atoms with van der Waals surface area (Å²) in [6, 6.07) is 0. The summed E-state index contributed by atoms with van der Waals surface area (Å²) in [5.74, 6) is -1.66. The van der Waals surface area contributed by atoms with E-state index in [1.165, 1.54) is 0 Å². The van der Waals surface area contributed by atoms with Crippen LogP contribution in [0.3, 0.4) is 0 Å². The van der Waals surface area contributed by atoms with Gasteiger partial charge in [0.05, 0.1) is 11.9 Å². The largest absolute Gasteiger partial charge is 0.473 e. The minimum absolute atomic E-state index is 0.0578.